The molecule has 0 aromatic carbocycles. The SMILES string of the molecule is CC=C1C(=O)CC2[C@@H](OC(C)=O)CCC[C@]12C. The summed E-state index contributed by atoms with van der Waals surface area (Å²) < 4.78 is 5.39. The predicted octanol–water partition coefficient (Wildman–Crippen LogP) is 2.64. The van der Waals surface area contributed by atoms with Crippen molar-refractivity contribution in [3.05, 3.63) is 11.6 Å². The summed E-state index contributed by atoms with van der Waals surface area (Å²) in [6, 6.07) is 0. The van der Waals surface area contributed by atoms with Crippen LogP contribution in [0.1, 0.15) is 46.5 Å². The molecule has 0 N–H and O–H groups in total. The maximum absolute atomic E-state index is 12.0. The molecule has 2 fully saturated rings. The van der Waals surface area contributed by atoms with Crippen LogP contribution < -0.4 is 0 Å². The molecule has 0 amide bonds. The van der Waals surface area contributed by atoms with Gasteiger partial charge >= 0.3 is 5.97 Å². The lowest BCUT2D eigenvalue weighted by Gasteiger charge is -2.41. The second-order valence-corrected chi connectivity index (χ2v) is 5.39. The summed E-state index contributed by atoms with van der Waals surface area (Å²) in [5.74, 6) is 0.179. The molecular formula is C14H20O3. The van der Waals surface area contributed by atoms with Crippen molar-refractivity contribution in [2.24, 2.45) is 11.3 Å². The number of esters is 1. The van der Waals surface area contributed by atoms with Gasteiger partial charge in [0.1, 0.15) is 6.10 Å². The van der Waals surface area contributed by atoms with Gasteiger partial charge in [0.15, 0.2) is 5.78 Å². The van der Waals surface area contributed by atoms with Crippen molar-refractivity contribution in [3.8, 4) is 0 Å². The third-order valence-corrected chi connectivity index (χ3v) is 4.38. The molecule has 0 heterocycles. The molecule has 0 aromatic heterocycles. The van der Waals surface area contributed by atoms with Crippen LogP contribution in [0.15, 0.2) is 11.6 Å². The first kappa shape index (κ1) is 12.3. The molecular weight excluding hydrogens is 216 g/mol. The van der Waals surface area contributed by atoms with Gasteiger partial charge in [-0.3, -0.25) is 9.59 Å². The first-order chi connectivity index (χ1) is 7.99. The molecule has 2 aliphatic carbocycles. The maximum Gasteiger partial charge on any atom is 0.302 e. The number of hydrogen-bond acceptors (Lipinski definition) is 3. The van der Waals surface area contributed by atoms with Gasteiger partial charge in [-0.1, -0.05) is 13.0 Å². The zero-order chi connectivity index (χ0) is 12.6. The normalized spacial score (nSPS) is 39.2. The Morgan fingerprint density at radius 3 is 2.82 bits per heavy atom. The molecule has 0 spiro atoms. The Morgan fingerprint density at radius 1 is 1.53 bits per heavy atom. The van der Waals surface area contributed by atoms with Gasteiger partial charge in [-0.05, 0) is 31.8 Å². The summed E-state index contributed by atoms with van der Waals surface area (Å²) >= 11 is 0. The summed E-state index contributed by atoms with van der Waals surface area (Å²) in [6.45, 7) is 5.52. The van der Waals surface area contributed by atoms with E-state index >= 15 is 0 Å². The van der Waals surface area contributed by atoms with Gasteiger partial charge in [0, 0.05) is 24.7 Å². The van der Waals surface area contributed by atoms with Crippen molar-refractivity contribution < 1.29 is 14.3 Å². The molecule has 2 saturated carbocycles. The highest BCUT2D eigenvalue weighted by molar-refractivity contribution is 5.99. The number of carbonyl (C=O) groups is 2. The molecule has 94 valence electrons. The Labute approximate surface area is 102 Å². The van der Waals surface area contributed by atoms with Gasteiger partial charge in [0.2, 0.25) is 0 Å². The highest BCUT2D eigenvalue weighted by atomic mass is 16.5. The fourth-order valence-electron chi connectivity index (χ4n) is 3.63. The van der Waals surface area contributed by atoms with Crippen LogP contribution in [-0.4, -0.2) is 17.9 Å². The van der Waals surface area contributed by atoms with Gasteiger partial charge in [-0.25, -0.2) is 0 Å². The summed E-state index contributed by atoms with van der Waals surface area (Å²) in [6.07, 6.45) is 5.35. The van der Waals surface area contributed by atoms with Crippen molar-refractivity contribution in [1.29, 1.82) is 0 Å². The molecule has 2 rings (SSSR count). The molecule has 0 saturated heterocycles. The van der Waals surface area contributed by atoms with E-state index < -0.39 is 0 Å². The third kappa shape index (κ3) is 1.92. The number of rotatable bonds is 1. The second kappa shape index (κ2) is 4.28. The van der Waals surface area contributed by atoms with Gasteiger partial charge < -0.3 is 4.74 Å². The molecule has 3 heteroatoms. The van der Waals surface area contributed by atoms with E-state index in [0.717, 1.165) is 24.8 Å². The van der Waals surface area contributed by atoms with Crippen molar-refractivity contribution in [1.82, 2.24) is 0 Å². The van der Waals surface area contributed by atoms with E-state index in [2.05, 4.69) is 6.92 Å². The molecule has 2 aliphatic rings. The monoisotopic (exact) mass is 236 g/mol. The first-order valence-corrected chi connectivity index (χ1v) is 6.36. The van der Waals surface area contributed by atoms with E-state index in [1.807, 2.05) is 13.0 Å². The summed E-state index contributed by atoms with van der Waals surface area (Å²) in [5.41, 5.74) is 0.865. The molecule has 0 bridgehead atoms. The number of carbonyl (C=O) groups excluding carboxylic acids is 2. The smallest absolute Gasteiger partial charge is 0.302 e. The number of ether oxygens (including phenoxy) is 1. The van der Waals surface area contributed by atoms with Crippen LogP contribution in [0.4, 0.5) is 0 Å². The molecule has 0 radical (unpaired) electrons. The fourth-order valence-corrected chi connectivity index (χ4v) is 3.63. The number of allylic oxidation sites excluding steroid dienone is 2. The summed E-state index contributed by atoms with van der Waals surface area (Å²) in [7, 11) is 0. The second-order valence-electron chi connectivity index (χ2n) is 5.39. The van der Waals surface area contributed by atoms with Gasteiger partial charge in [0.25, 0.3) is 0 Å². The molecule has 3 atom stereocenters. The van der Waals surface area contributed by atoms with Crippen LogP contribution in [0.5, 0.6) is 0 Å². The van der Waals surface area contributed by atoms with Gasteiger partial charge in [-0.2, -0.15) is 0 Å². The van der Waals surface area contributed by atoms with E-state index in [1.165, 1.54) is 6.92 Å². The maximum atomic E-state index is 12.0. The molecule has 3 nitrogen and oxygen atoms in total. The van der Waals surface area contributed by atoms with Crippen molar-refractivity contribution in [2.45, 2.75) is 52.6 Å². The Hall–Kier alpha value is -1.12. The summed E-state index contributed by atoms with van der Waals surface area (Å²) in [4.78, 5) is 23.1. The van der Waals surface area contributed by atoms with E-state index in [-0.39, 0.29) is 29.2 Å². The number of fused-ring (bicyclic) bond motifs is 1. The van der Waals surface area contributed by atoms with Crippen LogP contribution in [0.3, 0.4) is 0 Å². The van der Waals surface area contributed by atoms with E-state index in [0.29, 0.717) is 6.42 Å². The molecule has 1 unspecified atom stereocenters. The fraction of sp³-hybridized carbons (Fsp3) is 0.714. The first-order valence-electron chi connectivity index (χ1n) is 6.36. The van der Waals surface area contributed by atoms with Crippen LogP contribution in [0.25, 0.3) is 0 Å². The van der Waals surface area contributed by atoms with Gasteiger partial charge in [-0.15, -0.1) is 0 Å². The Bertz CT molecular complexity index is 383. The minimum Gasteiger partial charge on any atom is -0.462 e. The number of ketones is 1. The number of hydrogen-bond donors (Lipinski definition) is 0. The lowest BCUT2D eigenvalue weighted by atomic mass is 9.66. The van der Waals surface area contributed by atoms with Crippen LogP contribution in [0.2, 0.25) is 0 Å². The lowest BCUT2D eigenvalue weighted by molar-refractivity contribution is -0.153. The summed E-state index contributed by atoms with van der Waals surface area (Å²) in [5, 5.41) is 0. The molecule has 0 aromatic rings. The predicted molar refractivity (Wildman–Crippen MR) is 64.4 cm³/mol. The van der Waals surface area contributed by atoms with Crippen molar-refractivity contribution in [3.63, 3.8) is 0 Å². The quantitative estimate of drug-likeness (QED) is 0.519. The average Bonchev–Trinajstić information content (AvgIpc) is 2.49. The largest absolute Gasteiger partial charge is 0.462 e. The minimum absolute atomic E-state index is 0.0763. The van der Waals surface area contributed by atoms with E-state index in [4.69, 9.17) is 4.74 Å². The lowest BCUT2D eigenvalue weighted by Crippen LogP contribution is -2.39. The zero-order valence-corrected chi connectivity index (χ0v) is 10.8. The topological polar surface area (TPSA) is 43.4 Å². The van der Waals surface area contributed by atoms with Crippen molar-refractivity contribution >= 4 is 11.8 Å². The van der Waals surface area contributed by atoms with E-state index in [1.54, 1.807) is 0 Å². The van der Waals surface area contributed by atoms with Crippen LogP contribution >= 0.6 is 0 Å². The minimum atomic E-state index is -0.236. The molecule has 0 aliphatic heterocycles. The van der Waals surface area contributed by atoms with E-state index in [9.17, 15) is 9.59 Å². The highest BCUT2D eigenvalue weighted by Crippen LogP contribution is 2.54. The zero-order valence-electron chi connectivity index (χ0n) is 10.8. The Morgan fingerprint density at radius 2 is 2.24 bits per heavy atom. The average molecular weight is 236 g/mol. The third-order valence-electron chi connectivity index (χ3n) is 4.38. The Kier molecular flexibility index (Phi) is 3.11. The van der Waals surface area contributed by atoms with Gasteiger partial charge in [0.05, 0.1) is 0 Å². The molecule has 17 heavy (non-hydrogen) atoms. The van der Waals surface area contributed by atoms with Crippen LogP contribution in [-0.2, 0) is 14.3 Å². The standard InChI is InChI=1S/C14H20O3/c1-4-10-12(16)8-11-13(17-9(2)15)6-5-7-14(10,11)3/h4,11,13H,5-8H2,1-3H3/t11?,13-,14+/m0/s1. The van der Waals surface area contributed by atoms with Crippen LogP contribution in [0, 0.1) is 11.3 Å². The Balaban J connectivity index is 2.29. The highest BCUT2D eigenvalue weighted by Gasteiger charge is 2.53. The van der Waals surface area contributed by atoms with Crippen molar-refractivity contribution in [2.75, 3.05) is 0 Å². The number of Topliss-reactive ketones (excluding diaryl/α,β-unsaturated/α-hetero) is 1.